The normalized spacial score (nSPS) is 11.5. The summed E-state index contributed by atoms with van der Waals surface area (Å²) in [5.41, 5.74) is 1.82. The predicted octanol–water partition coefficient (Wildman–Crippen LogP) is 2.97. The zero-order valence-electron chi connectivity index (χ0n) is 14.9. The molecule has 1 unspecified atom stereocenters. The van der Waals surface area contributed by atoms with Crippen molar-refractivity contribution in [2.45, 2.75) is 26.3 Å². The summed E-state index contributed by atoms with van der Waals surface area (Å²) in [6, 6.07) is 14.3. The van der Waals surface area contributed by atoms with Crippen LogP contribution in [0, 0.1) is 0 Å². The quantitative estimate of drug-likeness (QED) is 0.721. The Morgan fingerprint density at radius 1 is 1.00 bits per heavy atom. The fraction of sp³-hybridized carbons (Fsp3) is 0.300. The molecule has 2 aromatic carbocycles. The Kier molecular flexibility index (Phi) is 7.02. The van der Waals surface area contributed by atoms with E-state index in [-0.39, 0.29) is 25.0 Å². The summed E-state index contributed by atoms with van der Waals surface area (Å²) >= 11 is 0. The van der Waals surface area contributed by atoms with Gasteiger partial charge in [0.2, 0.25) is 5.91 Å². The van der Waals surface area contributed by atoms with Crippen molar-refractivity contribution in [3.63, 3.8) is 0 Å². The SMILES string of the molecule is CCOc1ccc(CC(=O)NC(C)c2ccc(OCC(=O)O)cc2)cc1. The Labute approximate surface area is 152 Å². The number of nitrogens with one attached hydrogen (secondary N) is 1. The molecule has 0 fully saturated rings. The fourth-order valence-electron chi connectivity index (χ4n) is 2.43. The zero-order valence-corrected chi connectivity index (χ0v) is 14.9. The van der Waals surface area contributed by atoms with E-state index in [0.717, 1.165) is 16.9 Å². The van der Waals surface area contributed by atoms with E-state index >= 15 is 0 Å². The van der Waals surface area contributed by atoms with Crippen LogP contribution in [0.4, 0.5) is 0 Å². The molecule has 0 aromatic heterocycles. The van der Waals surface area contributed by atoms with Gasteiger partial charge in [-0.2, -0.15) is 0 Å². The number of carbonyl (C=O) groups excluding carboxylic acids is 1. The Hall–Kier alpha value is -3.02. The monoisotopic (exact) mass is 357 g/mol. The van der Waals surface area contributed by atoms with Crippen LogP contribution in [-0.4, -0.2) is 30.2 Å². The Morgan fingerprint density at radius 3 is 2.15 bits per heavy atom. The molecule has 138 valence electrons. The minimum atomic E-state index is -1.02. The van der Waals surface area contributed by atoms with E-state index in [1.54, 1.807) is 24.3 Å². The van der Waals surface area contributed by atoms with Crippen LogP contribution in [-0.2, 0) is 16.0 Å². The third-order valence-electron chi connectivity index (χ3n) is 3.72. The van der Waals surface area contributed by atoms with Gasteiger partial charge in [0, 0.05) is 0 Å². The maximum Gasteiger partial charge on any atom is 0.341 e. The molecule has 0 bridgehead atoms. The second-order valence-corrected chi connectivity index (χ2v) is 5.79. The highest BCUT2D eigenvalue weighted by atomic mass is 16.5. The van der Waals surface area contributed by atoms with Crippen LogP contribution >= 0.6 is 0 Å². The predicted molar refractivity (Wildman–Crippen MR) is 97.4 cm³/mol. The van der Waals surface area contributed by atoms with E-state index < -0.39 is 5.97 Å². The van der Waals surface area contributed by atoms with Crippen LogP contribution in [0.5, 0.6) is 11.5 Å². The number of aliphatic carboxylic acids is 1. The lowest BCUT2D eigenvalue weighted by molar-refractivity contribution is -0.139. The lowest BCUT2D eigenvalue weighted by atomic mass is 10.1. The van der Waals surface area contributed by atoms with Gasteiger partial charge in [0.15, 0.2) is 6.61 Å². The molecule has 1 atom stereocenters. The Bertz CT molecular complexity index is 725. The molecule has 0 aliphatic rings. The van der Waals surface area contributed by atoms with Gasteiger partial charge in [0.1, 0.15) is 11.5 Å². The second kappa shape index (κ2) is 9.46. The van der Waals surface area contributed by atoms with Crippen molar-refractivity contribution in [1.82, 2.24) is 5.32 Å². The Morgan fingerprint density at radius 2 is 1.58 bits per heavy atom. The minimum Gasteiger partial charge on any atom is -0.494 e. The molecule has 6 heteroatoms. The molecule has 0 heterocycles. The van der Waals surface area contributed by atoms with Crippen LogP contribution < -0.4 is 14.8 Å². The molecule has 1 amide bonds. The summed E-state index contributed by atoms with van der Waals surface area (Å²) in [5.74, 6) is 0.163. The van der Waals surface area contributed by atoms with Crippen molar-refractivity contribution in [1.29, 1.82) is 0 Å². The van der Waals surface area contributed by atoms with Crippen molar-refractivity contribution in [3.8, 4) is 11.5 Å². The molecule has 2 rings (SSSR count). The van der Waals surface area contributed by atoms with Crippen LogP contribution in [0.3, 0.4) is 0 Å². The number of amides is 1. The highest BCUT2D eigenvalue weighted by molar-refractivity contribution is 5.79. The van der Waals surface area contributed by atoms with Gasteiger partial charge in [-0.3, -0.25) is 4.79 Å². The van der Waals surface area contributed by atoms with Gasteiger partial charge in [0.25, 0.3) is 0 Å². The molecule has 0 spiro atoms. The molecule has 2 aromatic rings. The van der Waals surface area contributed by atoms with E-state index in [1.165, 1.54) is 0 Å². The van der Waals surface area contributed by atoms with E-state index in [1.807, 2.05) is 38.1 Å². The molecular weight excluding hydrogens is 334 g/mol. The molecule has 0 saturated heterocycles. The number of carboxylic acids is 1. The standard InChI is InChI=1S/C20H23NO5/c1-3-25-17-8-4-15(5-9-17)12-19(22)21-14(2)16-6-10-18(11-7-16)26-13-20(23)24/h4-11,14H,3,12-13H2,1-2H3,(H,21,22)(H,23,24). The third-order valence-corrected chi connectivity index (χ3v) is 3.72. The highest BCUT2D eigenvalue weighted by Gasteiger charge is 2.11. The van der Waals surface area contributed by atoms with Gasteiger partial charge in [-0.15, -0.1) is 0 Å². The maximum absolute atomic E-state index is 12.2. The van der Waals surface area contributed by atoms with Gasteiger partial charge < -0.3 is 19.9 Å². The van der Waals surface area contributed by atoms with Crippen molar-refractivity contribution in [2.75, 3.05) is 13.2 Å². The highest BCUT2D eigenvalue weighted by Crippen LogP contribution is 2.18. The number of benzene rings is 2. The summed E-state index contributed by atoms with van der Waals surface area (Å²) in [4.78, 5) is 22.7. The zero-order chi connectivity index (χ0) is 18.9. The summed E-state index contributed by atoms with van der Waals surface area (Å²) in [6.07, 6.45) is 0.288. The molecule has 6 nitrogen and oxygen atoms in total. The van der Waals surface area contributed by atoms with E-state index in [4.69, 9.17) is 14.6 Å². The van der Waals surface area contributed by atoms with Crippen molar-refractivity contribution in [3.05, 3.63) is 59.7 Å². The number of carboxylic acid groups (broad SMARTS) is 1. The summed E-state index contributed by atoms with van der Waals surface area (Å²) in [5, 5.41) is 11.5. The third kappa shape index (κ3) is 6.12. The first-order valence-electron chi connectivity index (χ1n) is 8.43. The largest absolute Gasteiger partial charge is 0.494 e. The average molecular weight is 357 g/mol. The molecule has 0 aliphatic carbocycles. The molecule has 0 saturated carbocycles. The second-order valence-electron chi connectivity index (χ2n) is 5.79. The van der Waals surface area contributed by atoms with E-state index in [2.05, 4.69) is 5.32 Å². The number of carbonyl (C=O) groups is 2. The molecule has 26 heavy (non-hydrogen) atoms. The van der Waals surface area contributed by atoms with Crippen molar-refractivity contribution >= 4 is 11.9 Å². The van der Waals surface area contributed by atoms with Gasteiger partial charge in [0.05, 0.1) is 19.1 Å². The number of hydrogen-bond acceptors (Lipinski definition) is 4. The first-order valence-corrected chi connectivity index (χ1v) is 8.43. The lowest BCUT2D eigenvalue weighted by Gasteiger charge is -2.15. The molecule has 0 aliphatic heterocycles. The van der Waals surface area contributed by atoms with Crippen LogP contribution in [0.15, 0.2) is 48.5 Å². The first kappa shape index (κ1) is 19.3. The van der Waals surface area contributed by atoms with E-state index in [0.29, 0.717) is 12.4 Å². The number of ether oxygens (including phenoxy) is 2. The lowest BCUT2D eigenvalue weighted by Crippen LogP contribution is -2.28. The smallest absolute Gasteiger partial charge is 0.341 e. The first-order chi connectivity index (χ1) is 12.5. The van der Waals surface area contributed by atoms with Gasteiger partial charge >= 0.3 is 5.97 Å². The van der Waals surface area contributed by atoms with E-state index in [9.17, 15) is 9.59 Å². The minimum absolute atomic E-state index is 0.0761. The van der Waals surface area contributed by atoms with Gasteiger partial charge in [-0.1, -0.05) is 24.3 Å². The molecular formula is C20H23NO5. The van der Waals surface area contributed by atoms with Crippen molar-refractivity contribution < 1.29 is 24.2 Å². The summed E-state index contributed by atoms with van der Waals surface area (Å²) < 4.78 is 10.5. The van der Waals surface area contributed by atoms with Crippen LogP contribution in [0.25, 0.3) is 0 Å². The van der Waals surface area contributed by atoms with Crippen LogP contribution in [0.1, 0.15) is 31.0 Å². The van der Waals surface area contributed by atoms with Crippen LogP contribution in [0.2, 0.25) is 0 Å². The molecule has 2 N–H and O–H groups in total. The summed E-state index contributed by atoms with van der Waals surface area (Å²) in [6.45, 7) is 4.04. The average Bonchev–Trinajstić information content (AvgIpc) is 2.62. The van der Waals surface area contributed by atoms with Gasteiger partial charge in [-0.05, 0) is 49.2 Å². The maximum atomic E-state index is 12.2. The van der Waals surface area contributed by atoms with Crippen molar-refractivity contribution in [2.24, 2.45) is 0 Å². The van der Waals surface area contributed by atoms with Gasteiger partial charge in [-0.25, -0.2) is 4.79 Å². The Balaban J connectivity index is 1.86. The summed E-state index contributed by atoms with van der Waals surface area (Å²) in [7, 11) is 0. The molecule has 0 radical (unpaired) electrons. The number of hydrogen-bond donors (Lipinski definition) is 2. The number of rotatable bonds is 9. The topological polar surface area (TPSA) is 84.9 Å². The fourth-order valence-corrected chi connectivity index (χ4v) is 2.43.